The largest absolute Gasteiger partial charge is 0.497 e. The molecule has 0 saturated carbocycles. The van der Waals surface area contributed by atoms with Gasteiger partial charge in [0.15, 0.2) is 6.23 Å². The Morgan fingerprint density at radius 1 is 1.17 bits per heavy atom. The first-order valence-electron chi connectivity index (χ1n) is 9.62. The Kier molecular flexibility index (Phi) is 5.62. The number of rotatable bonds is 6. The van der Waals surface area contributed by atoms with Crippen LogP contribution in [0.15, 0.2) is 59.5 Å². The van der Waals surface area contributed by atoms with E-state index >= 15 is 0 Å². The number of hydrogen-bond donors (Lipinski definition) is 0. The number of amides is 1. The van der Waals surface area contributed by atoms with Gasteiger partial charge >= 0.3 is 5.97 Å². The topological polar surface area (TPSA) is 82.1 Å². The molecule has 2 aliphatic heterocycles. The zero-order valence-electron chi connectivity index (χ0n) is 16.8. The fraction of sp³-hybridized carbons (Fsp3) is 0.364. The Balaban J connectivity index is 1.70. The fourth-order valence-corrected chi connectivity index (χ4v) is 5.87. The van der Waals surface area contributed by atoms with Crippen molar-refractivity contribution >= 4 is 22.7 Å². The molecule has 0 N–H and O–H groups in total. The normalized spacial score (nSPS) is 26.3. The summed E-state index contributed by atoms with van der Waals surface area (Å²) in [6.07, 6.45) is -0.581. The van der Waals surface area contributed by atoms with Crippen molar-refractivity contribution in [2.75, 3.05) is 20.8 Å². The molecule has 2 aromatic carbocycles. The summed E-state index contributed by atoms with van der Waals surface area (Å²) in [5.74, 6) is -0.208. The van der Waals surface area contributed by atoms with Crippen LogP contribution in [-0.2, 0) is 29.9 Å². The molecule has 0 radical (unpaired) electrons. The Hall–Kier alpha value is -2.71. The SMILES string of the molecule is COC(=O)C[C@]1(S(=O)c2ccccc2)C[C@H]2CO[C@H](c3ccc(OC)cc3)N2C1=O. The van der Waals surface area contributed by atoms with Gasteiger partial charge in [-0.3, -0.25) is 13.8 Å². The second-order valence-electron chi connectivity index (χ2n) is 7.36. The van der Waals surface area contributed by atoms with Crippen LogP contribution in [0.3, 0.4) is 0 Å². The van der Waals surface area contributed by atoms with E-state index in [0.717, 1.165) is 5.56 Å². The van der Waals surface area contributed by atoms with Crippen LogP contribution in [0.2, 0.25) is 0 Å². The van der Waals surface area contributed by atoms with Crippen LogP contribution in [0.5, 0.6) is 5.75 Å². The summed E-state index contributed by atoms with van der Waals surface area (Å²) < 4.78 is 28.2. The first-order chi connectivity index (χ1) is 14.5. The average molecular weight is 429 g/mol. The van der Waals surface area contributed by atoms with E-state index in [1.807, 2.05) is 18.2 Å². The van der Waals surface area contributed by atoms with Crippen molar-refractivity contribution in [3.63, 3.8) is 0 Å². The van der Waals surface area contributed by atoms with E-state index in [0.29, 0.717) is 17.3 Å². The molecule has 2 aromatic rings. The maximum absolute atomic E-state index is 13.7. The van der Waals surface area contributed by atoms with Gasteiger partial charge < -0.3 is 19.1 Å². The van der Waals surface area contributed by atoms with Gasteiger partial charge in [0.05, 0.1) is 44.1 Å². The van der Waals surface area contributed by atoms with Crippen LogP contribution in [0.25, 0.3) is 0 Å². The molecule has 1 unspecified atom stereocenters. The van der Waals surface area contributed by atoms with Gasteiger partial charge in [-0.2, -0.15) is 0 Å². The molecule has 0 aromatic heterocycles. The Morgan fingerprint density at radius 2 is 1.87 bits per heavy atom. The highest BCUT2D eigenvalue weighted by Gasteiger charge is 2.61. The molecule has 1 amide bonds. The van der Waals surface area contributed by atoms with Crippen LogP contribution >= 0.6 is 0 Å². The third-order valence-electron chi connectivity index (χ3n) is 5.65. The molecule has 0 aliphatic carbocycles. The molecule has 2 saturated heterocycles. The van der Waals surface area contributed by atoms with Crippen molar-refractivity contribution in [3.8, 4) is 5.75 Å². The molecule has 30 heavy (non-hydrogen) atoms. The molecule has 158 valence electrons. The third kappa shape index (κ3) is 3.40. The lowest BCUT2D eigenvalue weighted by molar-refractivity contribution is -0.145. The molecule has 0 spiro atoms. The van der Waals surface area contributed by atoms with Crippen molar-refractivity contribution in [1.29, 1.82) is 0 Å². The zero-order chi connectivity index (χ0) is 21.3. The molecule has 2 fully saturated rings. The summed E-state index contributed by atoms with van der Waals surface area (Å²) in [6, 6.07) is 15.8. The van der Waals surface area contributed by atoms with Crippen molar-refractivity contribution in [2.45, 2.75) is 34.8 Å². The number of benzene rings is 2. The minimum absolute atomic E-state index is 0.244. The summed E-state index contributed by atoms with van der Waals surface area (Å²) in [6.45, 7) is 0.317. The summed E-state index contributed by atoms with van der Waals surface area (Å²) in [7, 11) is 1.13. The van der Waals surface area contributed by atoms with Crippen molar-refractivity contribution in [2.24, 2.45) is 0 Å². The number of methoxy groups -OCH3 is 2. The fourth-order valence-electron chi connectivity index (χ4n) is 4.16. The minimum Gasteiger partial charge on any atom is -0.497 e. The van der Waals surface area contributed by atoms with E-state index in [2.05, 4.69) is 0 Å². The van der Waals surface area contributed by atoms with Gasteiger partial charge in [0, 0.05) is 10.5 Å². The maximum Gasteiger partial charge on any atom is 0.307 e. The minimum atomic E-state index is -1.72. The van der Waals surface area contributed by atoms with Crippen LogP contribution in [0.4, 0.5) is 0 Å². The highest BCUT2D eigenvalue weighted by Crippen LogP contribution is 2.46. The molecule has 2 heterocycles. The number of carbonyl (C=O) groups is 2. The van der Waals surface area contributed by atoms with Crippen molar-refractivity contribution in [3.05, 3.63) is 60.2 Å². The first-order valence-corrected chi connectivity index (χ1v) is 10.8. The lowest BCUT2D eigenvalue weighted by Gasteiger charge is -2.28. The van der Waals surface area contributed by atoms with E-state index < -0.39 is 27.7 Å². The zero-order valence-corrected chi connectivity index (χ0v) is 17.6. The number of nitrogens with zero attached hydrogens (tertiary/aromatic N) is 1. The standard InChI is InChI=1S/C22H23NO6S/c1-27-17-10-8-15(9-11-17)20-23-16(14-29-20)12-22(21(23)25,13-19(24)28-2)30(26)18-6-4-3-5-7-18/h3-11,16,20H,12-14H2,1-2H3/t16-,20+,22+,30?/m0/s1. The van der Waals surface area contributed by atoms with Crippen LogP contribution in [0, 0.1) is 0 Å². The Morgan fingerprint density at radius 3 is 2.50 bits per heavy atom. The predicted octanol–water partition coefficient (Wildman–Crippen LogP) is 2.43. The van der Waals surface area contributed by atoms with E-state index in [1.54, 1.807) is 48.4 Å². The van der Waals surface area contributed by atoms with Gasteiger partial charge in [-0.15, -0.1) is 0 Å². The molecule has 4 atom stereocenters. The van der Waals surface area contributed by atoms with Gasteiger partial charge in [-0.25, -0.2) is 0 Å². The molecular weight excluding hydrogens is 406 g/mol. The van der Waals surface area contributed by atoms with E-state index in [1.165, 1.54) is 7.11 Å². The number of fused-ring (bicyclic) bond motifs is 1. The molecule has 2 aliphatic rings. The lowest BCUT2D eigenvalue weighted by Crippen LogP contribution is -2.46. The van der Waals surface area contributed by atoms with E-state index in [4.69, 9.17) is 14.2 Å². The van der Waals surface area contributed by atoms with Gasteiger partial charge in [0.1, 0.15) is 10.5 Å². The number of esters is 1. The second kappa shape index (κ2) is 8.20. The predicted molar refractivity (Wildman–Crippen MR) is 109 cm³/mol. The van der Waals surface area contributed by atoms with Gasteiger partial charge in [0.2, 0.25) is 5.91 Å². The van der Waals surface area contributed by atoms with Crippen LogP contribution in [-0.4, -0.2) is 52.6 Å². The Labute approximate surface area is 177 Å². The summed E-state index contributed by atoms with van der Waals surface area (Å²) in [5, 5.41) is 0. The highest BCUT2D eigenvalue weighted by molar-refractivity contribution is 7.87. The molecule has 7 nitrogen and oxygen atoms in total. The van der Waals surface area contributed by atoms with Crippen molar-refractivity contribution < 1.29 is 28.0 Å². The molecular formula is C22H23NO6S. The highest BCUT2D eigenvalue weighted by atomic mass is 32.2. The quantitative estimate of drug-likeness (QED) is 0.656. The molecule has 8 heteroatoms. The number of hydrogen-bond acceptors (Lipinski definition) is 6. The average Bonchev–Trinajstić information content (AvgIpc) is 3.32. The molecule has 4 rings (SSSR count). The number of carbonyl (C=O) groups excluding carboxylic acids is 2. The number of ether oxygens (including phenoxy) is 3. The maximum atomic E-state index is 13.7. The van der Waals surface area contributed by atoms with Crippen molar-refractivity contribution in [1.82, 2.24) is 4.90 Å². The third-order valence-corrected chi connectivity index (χ3v) is 7.55. The first kappa shape index (κ1) is 20.6. The van der Waals surface area contributed by atoms with Gasteiger partial charge in [-0.05, 0) is 30.7 Å². The lowest BCUT2D eigenvalue weighted by atomic mass is 10.00. The smallest absolute Gasteiger partial charge is 0.307 e. The van der Waals surface area contributed by atoms with Crippen LogP contribution < -0.4 is 4.74 Å². The van der Waals surface area contributed by atoms with E-state index in [9.17, 15) is 13.8 Å². The summed E-state index contributed by atoms with van der Waals surface area (Å²) >= 11 is 0. The monoisotopic (exact) mass is 429 g/mol. The van der Waals surface area contributed by atoms with Gasteiger partial charge in [-0.1, -0.05) is 30.3 Å². The van der Waals surface area contributed by atoms with Gasteiger partial charge in [0.25, 0.3) is 0 Å². The van der Waals surface area contributed by atoms with Crippen LogP contribution in [0.1, 0.15) is 24.6 Å². The summed E-state index contributed by atoms with van der Waals surface area (Å²) in [4.78, 5) is 28.1. The van der Waals surface area contributed by atoms with E-state index in [-0.39, 0.29) is 24.8 Å². The molecule has 0 bridgehead atoms. The summed E-state index contributed by atoms with van der Waals surface area (Å²) in [5.41, 5.74) is 0.797. The second-order valence-corrected chi connectivity index (χ2v) is 9.15. The Bertz CT molecular complexity index is 963.